The Balaban J connectivity index is 1.21. The maximum absolute atomic E-state index is 13.1. The van der Waals surface area contributed by atoms with E-state index in [0.29, 0.717) is 17.2 Å². The number of benzene rings is 4. The fourth-order valence-corrected chi connectivity index (χ4v) is 5.38. The Bertz CT molecular complexity index is 1660. The first-order chi connectivity index (χ1) is 20.4. The molecule has 0 saturated carbocycles. The van der Waals surface area contributed by atoms with Gasteiger partial charge in [0.25, 0.3) is 5.91 Å². The molecule has 42 heavy (non-hydrogen) atoms. The number of hydrogen-bond donors (Lipinski definition) is 2. The summed E-state index contributed by atoms with van der Waals surface area (Å²) in [6.07, 6.45) is 1.07. The smallest absolute Gasteiger partial charge is 0.326 e. The van der Waals surface area contributed by atoms with E-state index in [9.17, 15) is 19.1 Å². The summed E-state index contributed by atoms with van der Waals surface area (Å²) in [5.74, 6) is -0.420. The Labute approximate surface area is 247 Å². The molecule has 4 aromatic carbocycles. The highest BCUT2D eigenvalue weighted by Gasteiger charge is 2.22. The van der Waals surface area contributed by atoms with Gasteiger partial charge in [0.1, 0.15) is 30.0 Å². The van der Waals surface area contributed by atoms with E-state index in [1.807, 2.05) is 42.5 Å². The Kier molecular flexibility index (Phi) is 9.14. The zero-order valence-electron chi connectivity index (χ0n) is 23.0. The third kappa shape index (κ3) is 7.33. The van der Waals surface area contributed by atoms with Crippen LogP contribution in [0.3, 0.4) is 0 Å². The quantitative estimate of drug-likeness (QED) is 0.159. The lowest BCUT2D eigenvalue weighted by molar-refractivity contribution is -0.139. The number of nitrogens with one attached hydrogen (secondary N) is 1. The zero-order chi connectivity index (χ0) is 29.5. The van der Waals surface area contributed by atoms with Gasteiger partial charge in [-0.3, -0.25) is 4.79 Å². The molecule has 0 spiro atoms. The van der Waals surface area contributed by atoms with Gasteiger partial charge in [0.15, 0.2) is 0 Å². The van der Waals surface area contributed by atoms with E-state index in [2.05, 4.69) is 12.2 Å². The lowest BCUT2D eigenvalue weighted by Gasteiger charge is -2.14. The lowest BCUT2D eigenvalue weighted by atomic mass is 10.0. The number of halogens is 1. The number of carboxylic acid groups (broad SMARTS) is 1. The minimum Gasteiger partial charge on any atom is -0.494 e. The summed E-state index contributed by atoms with van der Waals surface area (Å²) in [6.45, 7) is 3.02. The van der Waals surface area contributed by atoms with E-state index in [4.69, 9.17) is 9.47 Å². The molecule has 5 rings (SSSR count). The molecule has 1 heterocycles. The summed E-state index contributed by atoms with van der Waals surface area (Å²) in [5, 5.41) is 13.4. The van der Waals surface area contributed by atoms with Crippen molar-refractivity contribution in [2.75, 3.05) is 6.61 Å². The van der Waals surface area contributed by atoms with Crippen LogP contribution in [0.15, 0.2) is 97.1 Å². The summed E-state index contributed by atoms with van der Waals surface area (Å²) >= 11 is 1.32. The summed E-state index contributed by atoms with van der Waals surface area (Å²) < 4.78 is 25.4. The van der Waals surface area contributed by atoms with Crippen LogP contribution in [0.4, 0.5) is 4.39 Å². The SMILES string of the molecule is CCCOc1ccc(-c2ccc3sc(C(=O)N[C@@H](Cc4ccc(OCc5ccc(F)cc5)cc4)C(=O)O)cc3c2)cc1. The van der Waals surface area contributed by atoms with Gasteiger partial charge in [0.05, 0.1) is 11.5 Å². The van der Waals surface area contributed by atoms with Crippen LogP contribution in [0.25, 0.3) is 21.2 Å². The van der Waals surface area contributed by atoms with Gasteiger partial charge in [-0.05, 0) is 88.7 Å². The van der Waals surface area contributed by atoms with E-state index in [1.165, 1.54) is 23.5 Å². The molecule has 0 radical (unpaired) electrons. The van der Waals surface area contributed by atoms with Crippen LogP contribution in [-0.2, 0) is 17.8 Å². The molecule has 0 aliphatic carbocycles. The van der Waals surface area contributed by atoms with Gasteiger partial charge in [0, 0.05) is 11.1 Å². The fourth-order valence-electron chi connectivity index (χ4n) is 4.43. The van der Waals surface area contributed by atoms with E-state index in [0.717, 1.165) is 44.5 Å². The van der Waals surface area contributed by atoms with Crippen molar-refractivity contribution in [2.45, 2.75) is 32.4 Å². The molecule has 1 amide bonds. The summed E-state index contributed by atoms with van der Waals surface area (Å²) in [4.78, 5) is 25.5. The predicted molar refractivity (Wildman–Crippen MR) is 163 cm³/mol. The van der Waals surface area contributed by atoms with E-state index >= 15 is 0 Å². The molecule has 0 fully saturated rings. The molecule has 1 atom stereocenters. The Morgan fingerprint density at radius 1 is 0.833 bits per heavy atom. The van der Waals surface area contributed by atoms with E-state index < -0.39 is 17.9 Å². The summed E-state index contributed by atoms with van der Waals surface area (Å²) in [7, 11) is 0. The van der Waals surface area contributed by atoms with Gasteiger partial charge >= 0.3 is 5.97 Å². The Morgan fingerprint density at radius 3 is 2.17 bits per heavy atom. The van der Waals surface area contributed by atoms with Crippen molar-refractivity contribution >= 4 is 33.3 Å². The molecule has 5 aromatic rings. The zero-order valence-corrected chi connectivity index (χ0v) is 23.8. The van der Waals surface area contributed by atoms with E-state index in [-0.39, 0.29) is 18.8 Å². The molecular weight excluding hydrogens is 553 g/mol. The second-order valence-electron chi connectivity index (χ2n) is 9.86. The topological polar surface area (TPSA) is 84.9 Å². The predicted octanol–water partition coefficient (Wildman–Crippen LogP) is 7.50. The van der Waals surface area contributed by atoms with Crippen LogP contribution in [0, 0.1) is 5.82 Å². The minimum atomic E-state index is -1.12. The van der Waals surface area contributed by atoms with Gasteiger partial charge in [-0.15, -0.1) is 11.3 Å². The van der Waals surface area contributed by atoms with E-state index in [1.54, 1.807) is 42.5 Å². The van der Waals surface area contributed by atoms with Gasteiger partial charge in [-0.25, -0.2) is 9.18 Å². The third-order valence-corrected chi connectivity index (χ3v) is 7.80. The van der Waals surface area contributed by atoms with Crippen LogP contribution >= 0.6 is 11.3 Å². The minimum absolute atomic E-state index is 0.117. The average Bonchev–Trinajstić information content (AvgIpc) is 3.44. The van der Waals surface area contributed by atoms with Gasteiger partial charge in [-0.2, -0.15) is 0 Å². The maximum Gasteiger partial charge on any atom is 0.326 e. The molecule has 8 heteroatoms. The van der Waals surface area contributed by atoms with Crippen molar-refractivity contribution in [1.82, 2.24) is 5.32 Å². The largest absolute Gasteiger partial charge is 0.494 e. The van der Waals surface area contributed by atoms with Crippen molar-refractivity contribution in [2.24, 2.45) is 0 Å². The van der Waals surface area contributed by atoms with Gasteiger partial charge in [-0.1, -0.05) is 49.4 Å². The van der Waals surface area contributed by atoms with Crippen LogP contribution < -0.4 is 14.8 Å². The molecule has 6 nitrogen and oxygen atoms in total. The fraction of sp³-hybridized carbons (Fsp3) is 0.176. The highest BCUT2D eigenvalue weighted by molar-refractivity contribution is 7.20. The molecule has 2 N–H and O–H groups in total. The maximum atomic E-state index is 13.1. The average molecular weight is 584 g/mol. The van der Waals surface area contributed by atoms with Crippen molar-refractivity contribution in [3.63, 3.8) is 0 Å². The third-order valence-electron chi connectivity index (χ3n) is 6.69. The normalized spacial score (nSPS) is 11.7. The number of rotatable bonds is 12. The molecule has 0 aliphatic heterocycles. The first-order valence-electron chi connectivity index (χ1n) is 13.6. The van der Waals surface area contributed by atoms with Crippen LogP contribution in [0.5, 0.6) is 11.5 Å². The van der Waals surface area contributed by atoms with Crippen LogP contribution in [0.2, 0.25) is 0 Å². The molecule has 0 saturated heterocycles. The number of ether oxygens (including phenoxy) is 2. The van der Waals surface area contributed by atoms with Gasteiger partial charge < -0.3 is 19.9 Å². The molecule has 1 aromatic heterocycles. The molecule has 214 valence electrons. The van der Waals surface area contributed by atoms with Crippen LogP contribution in [0.1, 0.15) is 34.1 Å². The highest BCUT2D eigenvalue weighted by atomic mass is 32.1. The number of carbonyl (C=O) groups excluding carboxylic acids is 1. The van der Waals surface area contributed by atoms with Crippen molar-refractivity contribution in [1.29, 1.82) is 0 Å². The monoisotopic (exact) mass is 583 g/mol. The number of fused-ring (bicyclic) bond motifs is 1. The standard InChI is InChI=1S/C34H30FNO5S/c1-2-17-40-28-14-7-24(8-15-28)25-9-16-31-26(19-25)20-32(42-31)33(37)36-30(34(38)39)18-22-5-12-29(13-6-22)41-21-23-3-10-27(35)11-4-23/h3-16,19-20,30H,2,17-18,21H2,1H3,(H,36,37)(H,38,39)/t30-/m0/s1. The number of carboxylic acids is 1. The van der Waals surface area contributed by atoms with Crippen molar-refractivity contribution in [3.8, 4) is 22.6 Å². The lowest BCUT2D eigenvalue weighted by Crippen LogP contribution is -2.42. The number of carbonyl (C=O) groups is 2. The summed E-state index contributed by atoms with van der Waals surface area (Å²) in [5.41, 5.74) is 3.63. The number of amides is 1. The number of hydrogen-bond acceptors (Lipinski definition) is 5. The highest BCUT2D eigenvalue weighted by Crippen LogP contribution is 2.31. The Morgan fingerprint density at radius 2 is 1.48 bits per heavy atom. The van der Waals surface area contributed by atoms with Crippen molar-refractivity contribution in [3.05, 3.63) is 119 Å². The summed E-state index contributed by atoms with van der Waals surface area (Å²) in [6, 6.07) is 27.7. The first-order valence-corrected chi connectivity index (χ1v) is 14.5. The second-order valence-corrected chi connectivity index (χ2v) is 10.9. The van der Waals surface area contributed by atoms with Crippen LogP contribution in [-0.4, -0.2) is 29.6 Å². The first kappa shape index (κ1) is 28.8. The molecular formula is C34H30FNO5S. The molecule has 0 unspecified atom stereocenters. The van der Waals surface area contributed by atoms with Gasteiger partial charge in [0.2, 0.25) is 0 Å². The van der Waals surface area contributed by atoms with Crippen molar-refractivity contribution < 1.29 is 28.6 Å². The molecule has 0 bridgehead atoms. The second kappa shape index (κ2) is 13.3. The number of aliphatic carboxylic acids is 1. The number of thiophene rings is 1. The Hall–Kier alpha value is -4.69. The molecule has 0 aliphatic rings.